The Morgan fingerprint density at radius 2 is 1.50 bits per heavy atom. The topological polar surface area (TPSA) is 40.5 Å². The first kappa shape index (κ1) is 11.8. The molecule has 2 aromatic rings. The number of phenolic OH excluding ortho intramolecular Hbond substituents is 2. The van der Waals surface area contributed by atoms with E-state index in [1.807, 2.05) is 0 Å². The summed E-state index contributed by atoms with van der Waals surface area (Å²) in [5.41, 5.74) is 5.26. The molecule has 4 rings (SSSR count). The molecule has 0 heterocycles. The van der Waals surface area contributed by atoms with Crippen molar-refractivity contribution >= 4 is 0 Å². The van der Waals surface area contributed by atoms with Crippen molar-refractivity contribution in [3.05, 3.63) is 58.7 Å². The van der Waals surface area contributed by atoms with Crippen LogP contribution in [0.1, 0.15) is 41.0 Å². The highest BCUT2D eigenvalue weighted by Gasteiger charge is 2.35. The van der Waals surface area contributed by atoms with Crippen molar-refractivity contribution in [2.75, 3.05) is 0 Å². The third kappa shape index (κ3) is 1.64. The van der Waals surface area contributed by atoms with Gasteiger partial charge in [0.1, 0.15) is 0 Å². The average molecular weight is 266 g/mol. The average Bonchev–Trinajstić information content (AvgIpc) is 2.48. The molecule has 2 heteroatoms. The fourth-order valence-corrected chi connectivity index (χ4v) is 4.04. The number of hydrogen-bond acceptors (Lipinski definition) is 2. The quantitative estimate of drug-likeness (QED) is 0.713. The fraction of sp³-hybridized carbons (Fsp3) is 0.333. The maximum absolute atomic E-state index is 9.86. The standard InChI is InChI=1S/C18H18O2/c19-16-9-13-8-7-12-6-5-11-3-1-2-4-14(11)18(12)15(13)10-17(16)20/h1-4,9-10,12,18-20H,5-8H2. The van der Waals surface area contributed by atoms with Crippen molar-refractivity contribution in [1.29, 1.82) is 0 Å². The van der Waals surface area contributed by atoms with Crippen LogP contribution in [0.25, 0.3) is 0 Å². The van der Waals surface area contributed by atoms with Crippen LogP contribution in [0.2, 0.25) is 0 Å². The van der Waals surface area contributed by atoms with Gasteiger partial charge in [-0.1, -0.05) is 24.3 Å². The molecule has 0 saturated heterocycles. The van der Waals surface area contributed by atoms with Gasteiger partial charge in [0, 0.05) is 5.92 Å². The molecular formula is C18H18O2. The van der Waals surface area contributed by atoms with Crippen LogP contribution in [0.15, 0.2) is 36.4 Å². The van der Waals surface area contributed by atoms with Gasteiger partial charge in [0.2, 0.25) is 0 Å². The monoisotopic (exact) mass is 266 g/mol. The van der Waals surface area contributed by atoms with Gasteiger partial charge < -0.3 is 10.2 Å². The van der Waals surface area contributed by atoms with Gasteiger partial charge in [-0.05, 0) is 66.0 Å². The van der Waals surface area contributed by atoms with E-state index in [-0.39, 0.29) is 11.5 Å². The number of hydrogen-bond donors (Lipinski definition) is 2. The molecule has 0 bridgehead atoms. The van der Waals surface area contributed by atoms with E-state index in [1.165, 1.54) is 35.1 Å². The second-order valence-electron chi connectivity index (χ2n) is 6.05. The number of aromatic hydroxyl groups is 2. The van der Waals surface area contributed by atoms with E-state index in [9.17, 15) is 10.2 Å². The molecule has 0 fully saturated rings. The Labute approximate surface area is 118 Å². The second-order valence-corrected chi connectivity index (χ2v) is 6.05. The molecule has 20 heavy (non-hydrogen) atoms. The molecule has 2 unspecified atom stereocenters. The normalized spacial score (nSPS) is 23.6. The van der Waals surface area contributed by atoms with E-state index in [4.69, 9.17) is 0 Å². The lowest BCUT2D eigenvalue weighted by Gasteiger charge is -2.38. The lowest BCUT2D eigenvalue weighted by atomic mass is 9.66. The van der Waals surface area contributed by atoms with Crippen molar-refractivity contribution in [3.8, 4) is 11.5 Å². The van der Waals surface area contributed by atoms with Gasteiger partial charge in [-0.15, -0.1) is 0 Å². The van der Waals surface area contributed by atoms with E-state index in [1.54, 1.807) is 12.1 Å². The summed E-state index contributed by atoms with van der Waals surface area (Å²) >= 11 is 0. The van der Waals surface area contributed by atoms with E-state index >= 15 is 0 Å². The predicted molar refractivity (Wildman–Crippen MR) is 78.2 cm³/mol. The molecule has 0 saturated carbocycles. The minimum Gasteiger partial charge on any atom is -0.504 e. The van der Waals surface area contributed by atoms with Crippen LogP contribution >= 0.6 is 0 Å². The molecule has 2 aliphatic carbocycles. The van der Waals surface area contributed by atoms with E-state index in [0.717, 1.165) is 12.8 Å². The summed E-state index contributed by atoms with van der Waals surface area (Å²) in [7, 11) is 0. The molecule has 2 nitrogen and oxygen atoms in total. The third-order valence-corrected chi connectivity index (χ3v) is 5.00. The SMILES string of the molecule is Oc1cc2c(cc1O)C1c3ccccc3CCC1CC2. The van der Waals surface area contributed by atoms with Gasteiger partial charge in [-0.2, -0.15) is 0 Å². The molecule has 0 aromatic heterocycles. The highest BCUT2D eigenvalue weighted by Crippen LogP contribution is 2.49. The van der Waals surface area contributed by atoms with Crippen molar-refractivity contribution in [3.63, 3.8) is 0 Å². The summed E-state index contributed by atoms with van der Waals surface area (Å²) in [6.45, 7) is 0. The zero-order valence-electron chi connectivity index (χ0n) is 11.3. The maximum atomic E-state index is 9.86. The van der Waals surface area contributed by atoms with Crippen molar-refractivity contribution in [1.82, 2.24) is 0 Å². The molecule has 0 radical (unpaired) electrons. The molecule has 2 aromatic carbocycles. The molecule has 0 spiro atoms. The van der Waals surface area contributed by atoms with Crippen LogP contribution in [0.5, 0.6) is 11.5 Å². The van der Waals surface area contributed by atoms with E-state index < -0.39 is 0 Å². The lowest BCUT2D eigenvalue weighted by molar-refractivity contribution is 0.356. The van der Waals surface area contributed by atoms with Crippen LogP contribution in [-0.4, -0.2) is 10.2 Å². The largest absolute Gasteiger partial charge is 0.504 e. The smallest absolute Gasteiger partial charge is 0.157 e. The lowest BCUT2D eigenvalue weighted by Crippen LogP contribution is -2.26. The summed E-state index contributed by atoms with van der Waals surface area (Å²) in [6.07, 6.45) is 4.57. The molecule has 0 aliphatic heterocycles. The summed E-state index contributed by atoms with van der Waals surface area (Å²) in [6, 6.07) is 12.2. The van der Waals surface area contributed by atoms with Crippen LogP contribution < -0.4 is 0 Å². The van der Waals surface area contributed by atoms with Crippen LogP contribution in [0, 0.1) is 5.92 Å². The van der Waals surface area contributed by atoms with Crippen LogP contribution in [-0.2, 0) is 12.8 Å². The second kappa shape index (κ2) is 4.27. The van der Waals surface area contributed by atoms with Gasteiger partial charge in [-0.3, -0.25) is 0 Å². The molecule has 2 N–H and O–H groups in total. The summed E-state index contributed by atoms with van der Waals surface area (Å²) in [5, 5.41) is 19.6. The highest BCUT2D eigenvalue weighted by molar-refractivity contribution is 5.52. The Hall–Kier alpha value is -1.96. The van der Waals surface area contributed by atoms with E-state index in [0.29, 0.717) is 11.8 Å². The number of fused-ring (bicyclic) bond motifs is 5. The Balaban J connectivity index is 1.92. The zero-order valence-corrected chi connectivity index (χ0v) is 11.3. The van der Waals surface area contributed by atoms with Crippen molar-refractivity contribution in [2.24, 2.45) is 5.92 Å². The number of phenols is 2. The first-order chi connectivity index (χ1) is 9.74. The Morgan fingerprint density at radius 1 is 0.800 bits per heavy atom. The Bertz CT molecular complexity index is 675. The minimum absolute atomic E-state index is 0.00583. The van der Waals surface area contributed by atoms with Gasteiger partial charge in [0.05, 0.1) is 0 Å². The molecular weight excluding hydrogens is 248 g/mol. The first-order valence-corrected chi connectivity index (χ1v) is 7.36. The maximum Gasteiger partial charge on any atom is 0.157 e. The van der Waals surface area contributed by atoms with Gasteiger partial charge in [0.15, 0.2) is 11.5 Å². The van der Waals surface area contributed by atoms with Crippen LogP contribution in [0.4, 0.5) is 0 Å². The number of aryl methyl sites for hydroxylation is 2. The number of benzene rings is 2. The first-order valence-electron chi connectivity index (χ1n) is 7.36. The van der Waals surface area contributed by atoms with E-state index in [2.05, 4.69) is 24.3 Å². The van der Waals surface area contributed by atoms with Crippen molar-refractivity contribution in [2.45, 2.75) is 31.6 Å². The summed E-state index contributed by atoms with van der Waals surface area (Å²) < 4.78 is 0. The highest BCUT2D eigenvalue weighted by atomic mass is 16.3. The summed E-state index contributed by atoms with van der Waals surface area (Å²) in [4.78, 5) is 0. The zero-order chi connectivity index (χ0) is 13.7. The third-order valence-electron chi connectivity index (χ3n) is 5.00. The van der Waals surface area contributed by atoms with Crippen molar-refractivity contribution < 1.29 is 10.2 Å². The Morgan fingerprint density at radius 3 is 2.35 bits per heavy atom. The molecule has 2 aliphatic rings. The van der Waals surface area contributed by atoms with Gasteiger partial charge in [-0.25, -0.2) is 0 Å². The van der Waals surface area contributed by atoms with Gasteiger partial charge in [0.25, 0.3) is 0 Å². The Kier molecular flexibility index (Phi) is 2.53. The summed E-state index contributed by atoms with van der Waals surface area (Å²) in [5.74, 6) is 1.07. The fourth-order valence-electron chi connectivity index (χ4n) is 4.04. The minimum atomic E-state index is 0.00583. The van der Waals surface area contributed by atoms with Gasteiger partial charge >= 0.3 is 0 Å². The van der Waals surface area contributed by atoms with Crippen LogP contribution in [0.3, 0.4) is 0 Å². The molecule has 2 atom stereocenters. The predicted octanol–water partition coefficient (Wildman–Crippen LogP) is 3.74. The molecule has 102 valence electrons. The molecule has 0 amide bonds. The number of rotatable bonds is 0.